The predicted molar refractivity (Wildman–Crippen MR) is 66.6 cm³/mol. The largest absolute Gasteiger partial charge is 0.392 e. The molecule has 16 heavy (non-hydrogen) atoms. The van der Waals surface area contributed by atoms with Crippen LogP contribution in [0.25, 0.3) is 0 Å². The molecule has 1 aliphatic carbocycles. The van der Waals surface area contributed by atoms with Crippen LogP contribution in [0.1, 0.15) is 52.9 Å². The third-order valence-electron chi connectivity index (χ3n) is 3.58. The summed E-state index contributed by atoms with van der Waals surface area (Å²) in [4.78, 5) is 0. The zero-order valence-electron chi connectivity index (χ0n) is 11.1. The van der Waals surface area contributed by atoms with Crippen molar-refractivity contribution < 1.29 is 9.84 Å². The van der Waals surface area contributed by atoms with Crippen molar-refractivity contribution >= 4 is 0 Å². The van der Waals surface area contributed by atoms with Crippen LogP contribution in [0.3, 0.4) is 0 Å². The Kier molecular flexibility index (Phi) is 5.22. The second-order valence-electron chi connectivity index (χ2n) is 5.69. The van der Waals surface area contributed by atoms with E-state index in [1.165, 1.54) is 6.42 Å². The van der Waals surface area contributed by atoms with Crippen LogP contribution in [0, 0.1) is 0 Å². The number of ether oxygens (including phenoxy) is 1. The fourth-order valence-corrected chi connectivity index (χ4v) is 2.55. The Morgan fingerprint density at radius 3 is 2.56 bits per heavy atom. The van der Waals surface area contributed by atoms with Crippen LogP contribution in [0.15, 0.2) is 0 Å². The summed E-state index contributed by atoms with van der Waals surface area (Å²) in [6, 6.07) is 0.657. The molecule has 0 aromatic rings. The van der Waals surface area contributed by atoms with Gasteiger partial charge in [0, 0.05) is 19.2 Å². The van der Waals surface area contributed by atoms with Gasteiger partial charge in [0.2, 0.25) is 0 Å². The molecule has 3 heteroatoms. The summed E-state index contributed by atoms with van der Waals surface area (Å²) in [6.07, 6.45) is 5.23. The SMILES string of the molecule is COC(C)(C)CC(C)NC1CCCCC1O. The number of rotatable bonds is 5. The van der Waals surface area contributed by atoms with E-state index in [-0.39, 0.29) is 17.7 Å². The van der Waals surface area contributed by atoms with Gasteiger partial charge in [-0.3, -0.25) is 0 Å². The molecule has 0 amide bonds. The van der Waals surface area contributed by atoms with Crippen LogP contribution in [-0.4, -0.2) is 36.0 Å². The van der Waals surface area contributed by atoms with Crippen LogP contribution < -0.4 is 5.32 Å². The molecule has 0 heterocycles. The highest BCUT2D eigenvalue weighted by atomic mass is 16.5. The molecule has 96 valence electrons. The number of nitrogens with one attached hydrogen (secondary N) is 1. The third-order valence-corrected chi connectivity index (χ3v) is 3.58. The highest BCUT2D eigenvalue weighted by Crippen LogP contribution is 2.21. The molecule has 3 nitrogen and oxygen atoms in total. The van der Waals surface area contributed by atoms with Crippen LogP contribution in [0.4, 0.5) is 0 Å². The van der Waals surface area contributed by atoms with Gasteiger partial charge < -0.3 is 15.2 Å². The van der Waals surface area contributed by atoms with Gasteiger partial charge in [0.25, 0.3) is 0 Å². The first-order valence-electron chi connectivity index (χ1n) is 6.44. The first-order valence-corrected chi connectivity index (χ1v) is 6.44. The van der Waals surface area contributed by atoms with Gasteiger partial charge in [-0.15, -0.1) is 0 Å². The summed E-state index contributed by atoms with van der Waals surface area (Å²) >= 11 is 0. The van der Waals surface area contributed by atoms with E-state index in [1.807, 2.05) is 0 Å². The summed E-state index contributed by atoms with van der Waals surface area (Å²) in [5.41, 5.74) is -0.0912. The Hall–Kier alpha value is -0.120. The van der Waals surface area contributed by atoms with Crippen molar-refractivity contribution in [2.75, 3.05) is 7.11 Å². The average molecular weight is 229 g/mol. The van der Waals surface area contributed by atoms with Crippen LogP contribution in [0.2, 0.25) is 0 Å². The molecule has 0 saturated heterocycles. The van der Waals surface area contributed by atoms with Crippen molar-refractivity contribution in [2.45, 2.75) is 76.7 Å². The van der Waals surface area contributed by atoms with E-state index >= 15 is 0 Å². The minimum atomic E-state index is -0.165. The van der Waals surface area contributed by atoms with Crippen LogP contribution in [0.5, 0.6) is 0 Å². The topological polar surface area (TPSA) is 41.5 Å². The van der Waals surface area contributed by atoms with Gasteiger partial charge in [0.05, 0.1) is 11.7 Å². The summed E-state index contributed by atoms with van der Waals surface area (Å²) in [5, 5.41) is 13.4. The molecule has 0 aromatic heterocycles. The van der Waals surface area contributed by atoms with E-state index < -0.39 is 0 Å². The second-order valence-corrected chi connectivity index (χ2v) is 5.69. The fourth-order valence-electron chi connectivity index (χ4n) is 2.55. The monoisotopic (exact) mass is 229 g/mol. The molecule has 3 atom stereocenters. The zero-order chi connectivity index (χ0) is 12.2. The predicted octanol–water partition coefficient (Wildman–Crippen LogP) is 2.08. The van der Waals surface area contributed by atoms with Crippen LogP contribution >= 0.6 is 0 Å². The van der Waals surface area contributed by atoms with Crippen molar-refractivity contribution in [3.8, 4) is 0 Å². The zero-order valence-corrected chi connectivity index (χ0v) is 11.1. The standard InChI is InChI=1S/C13H27NO2/c1-10(9-13(2,3)16-4)14-11-7-5-6-8-12(11)15/h10-12,14-15H,5-9H2,1-4H3. The maximum absolute atomic E-state index is 9.88. The molecular weight excluding hydrogens is 202 g/mol. The molecule has 0 aliphatic heterocycles. The minimum Gasteiger partial charge on any atom is -0.392 e. The summed E-state index contributed by atoms with van der Waals surface area (Å²) in [6.45, 7) is 6.37. The molecule has 0 spiro atoms. The first kappa shape index (κ1) is 13.9. The summed E-state index contributed by atoms with van der Waals surface area (Å²) < 4.78 is 5.42. The Balaban J connectivity index is 2.35. The number of aliphatic hydroxyl groups excluding tert-OH is 1. The molecule has 0 bridgehead atoms. The van der Waals surface area contributed by atoms with E-state index in [1.54, 1.807) is 7.11 Å². The van der Waals surface area contributed by atoms with Crippen molar-refractivity contribution in [1.82, 2.24) is 5.32 Å². The van der Waals surface area contributed by atoms with Gasteiger partial charge in [-0.05, 0) is 40.0 Å². The van der Waals surface area contributed by atoms with Crippen LogP contribution in [-0.2, 0) is 4.74 Å². The number of aliphatic hydroxyl groups is 1. The Bertz CT molecular complexity index is 206. The van der Waals surface area contributed by atoms with E-state index in [4.69, 9.17) is 4.74 Å². The van der Waals surface area contributed by atoms with E-state index in [2.05, 4.69) is 26.1 Å². The molecule has 1 saturated carbocycles. The number of methoxy groups -OCH3 is 1. The molecule has 2 N–H and O–H groups in total. The number of hydrogen-bond acceptors (Lipinski definition) is 3. The average Bonchev–Trinajstić information content (AvgIpc) is 2.21. The van der Waals surface area contributed by atoms with Gasteiger partial charge in [-0.25, -0.2) is 0 Å². The number of hydrogen-bond donors (Lipinski definition) is 2. The Morgan fingerprint density at radius 1 is 1.38 bits per heavy atom. The minimum absolute atomic E-state index is 0.0912. The summed E-state index contributed by atoms with van der Waals surface area (Å²) in [7, 11) is 1.75. The highest BCUT2D eigenvalue weighted by Gasteiger charge is 2.26. The molecular formula is C13H27NO2. The quantitative estimate of drug-likeness (QED) is 0.758. The normalized spacial score (nSPS) is 29.1. The third kappa shape index (κ3) is 4.40. The van der Waals surface area contributed by atoms with Gasteiger partial charge in [0.15, 0.2) is 0 Å². The molecule has 3 unspecified atom stereocenters. The molecule has 1 fully saturated rings. The van der Waals surface area contributed by atoms with Gasteiger partial charge in [-0.2, -0.15) is 0 Å². The molecule has 0 radical (unpaired) electrons. The Morgan fingerprint density at radius 2 is 2.00 bits per heavy atom. The lowest BCUT2D eigenvalue weighted by atomic mass is 9.91. The van der Waals surface area contributed by atoms with E-state index in [9.17, 15) is 5.11 Å². The second kappa shape index (κ2) is 5.99. The smallest absolute Gasteiger partial charge is 0.0693 e. The lowest BCUT2D eigenvalue weighted by Gasteiger charge is -2.34. The Labute approximate surface area is 99.6 Å². The molecule has 0 aromatic carbocycles. The maximum atomic E-state index is 9.88. The highest BCUT2D eigenvalue weighted by molar-refractivity contribution is 4.84. The van der Waals surface area contributed by atoms with Crippen molar-refractivity contribution in [1.29, 1.82) is 0 Å². The maximum Gasteiger partial charge on any atom is 0.0693 e. The lowest BCUT2D eigenvalue weighted by molar-refractivity contribution is 0.00358. The van der Waals surface area contributed by atoms with Crippen molar-refractivity contribution in [2.24, 2.45) is 0 Å². The summed E-state index contributed by atoms with van der Waals surface area (Å²) in [5.74, 6) is 0. The first-order chi connectivity index (χ1) is 7.44. The fraction of sp³-hybridized carbons (Fsp3) is 1.00. The molecule has 1 aliphatic rings. The lowest BCUT2D eigenvalue weighted by Crippen LogP contribution is -2.48. The van der Waals surface area contributed by atoms with Gasteiger partial charge in [0.1, 0.15) is 0 Å². The van der Waals surface area contributed by atoms with Gasteiger partial charge in [-0.1, -0.05) is 12.8 Å². The van der Waals surface area contributed by atoms with E-state index in [0.717, 1.165) is 25.7 Å². The van der Waals surface area contributed by atoms with Crippen molar-refractivity contribution in [3.63, 3.8) is 0 Å². The van der Waals surface area contributed by atoms with Crippen molar-refractivity contribution in [3.05, 3.63) is 0 Å². The van der Waals surface area contributed by atoms with E-state index in [0.29, 0.717) is 6.04 Å². The molecule has 1 rings (SSSR count). The van der Waals surface area contributed by atoms with Gasteiger partial charge >= 0.3 is 0 Å².